The Labute approximate surface area is 120 Å². The summed E-state index contributed by atoms with van der Waals surface area (Å²) in [6, 6.07) is 6.27. The molecule has 0 atom stereocenters. The molecule has 0 amide bonds. The van der Waals surface area contributed by atoms with Crippen LogP contribution in [0.3, 0.4) is 0 Å². The second-order valence-corrected chi connectivity index (χ2v) is 6.93. The first-order chi connectivity index (χ1) is 9.45. The van der Waals surface area contributed by atoms with Crippen molar-refractivity contribution in [1.82, 2.24) is 4.72 Å². The van der Waals surface area contributed by atoms with Crippen LogP contribution in [-0.2, 0) is 10.0 Å². The molecule has 112 valence electrons. The van der Waals surface area contributed by atoms with Gasteiger partial charge in [0.2, 0.25) is 10.0 Å². The Bertz CT molecular complexity index is 533. The van der Waals surface area contributed by atoms with E-state index < -0.39 is 15.6 Å². The van der Waals surface area contributed by atoms with Crippen molar-refractivity contribution in [2.75, 3.05) is 13.2 Å². The molecule has 1 saturated carbocycles. The van der Waals surface area contributed by atoms with Crippen LogP contribution in [0.15, 0.2) is 29.2 Å². The van der Waals surface area contributed by atoms with Gasteiger partial charge >= 0.3 is 0 Å². The van der Waals surface area contributed by atoms with E-state index in [1.807, 2.05) is 6.92 Å². The summed E-state index contributed by atoms with van der Waals surface area (Å²) in [6.45, 7) is 2.48. The van der Waals surface area contributed by atoms with Crippen molar-refractivity contribution in [2.45, 2.75) is 43.1 Å². The van der Waals surface area contributed by atoms with Crippen molar-refractivity contribution >= 4 is 10.0 Å². The van der Waals surface area contributed by atoms with Gasteiger partial charge in [-0.25, -0.2) is 13.1 Å². The van der Waals surface area contributed by atoms with E-state index in [1.54, 1.807) is 12.1 Å². The number of nitrogens with one attached hydrogen (secondary N) is 1. The summed E-state index contributed by atoms with van der Waals surface area (Å²) < 4.78 is 32.0. The van der Waals surface area contributed by atoms with Crippen molar-refractivity contribution < 1.29 is 18.3 Å². The second kappa shape index (κ2) is 6.11. The van der Waals surface area contributed by atoms with Gasteiger partial charge in [-0.1, -0.05) is 12.8 Å². The van der Waals surface area contributed by atoms with Crippen molar-refractivity contribution in [2.24, 2.45) is 0 Å². The highest BCUT2D eigenvalue weighted by Crippen LogP contribution is 2.29. The normalized spacial score (nSPS) is 18.1. The lowest BCUT2D eigenvalue weighted by Gasteiger charge is -2.22. The number of hydrogen-bond acceptors (Lipinski definition) is 4. The van der Waals surface area contributed by atoms with Gasteiger partial charge in [0.15, 0.2) is 0 Å². The lowest BCUT2D eigenvalue weighted by Crippen LogP contribution is -2.40. The zero-order valence-electron chi connectivity index (χ0n) is 11.6. The van der Waals surface area contributed by atoms with Crippen LogP contribution in [0, 0.1) is 0 Å². The van der Waals surface area contributed by atoms with E-state index in [4.69, 9.17) is 4.74 Å². The zero-order chi connectivity index (χ0) is 14.6. The molecule has 1 aliphatic carbocycles. The van der Waals surface area contributed by atoms with Gasteiger partial charge in [-0.05, 0) is 44.0 Å². The maximum Gasteiger partial charge on any atom is 0.240 e. The number of sulfonamides is 1. The van der Waals surface area contributed by atoms with Gasteiger partial charge < -0.3 is 9.84 Å². The van der Waals surface area contributed by atoms with E-state index in [0.717, 1.165) is 12.8 Å². The average molecular weight is 299 g/mol. The average Bonchev–Trinajstić information content (AvgIpc) is 2.85. The summed E-state index contributed by atoms with van der Waals surface area (Å²) in [5.74, 6) is 0.640. The van der Waals surface area contributed by atoms with E-state index in [1.165, 1.54) is 12.1 Å². The Kier molecular flexibility index (Phi) is 4.67. The van der Waals surface area contributed by atoms with Crippen LogP contribution in [-0.4, -0.2) is 32.3 Å². The minimum Gasteiger partial charge on any atom is -0.494 e. The van der Waals surface area contributed by atoms with E-state index in [0.29, 0.717) is 25.2 Å². The summed E-state index contributed by atoms with van der Waals surface area (Å²) in [7, 11) is -3.58. The summed E-state index contributed by atoms with van der Waals surface area (Å²) in [5.41, 5.74) is -0.891. The smallest absolute Gasteiger partial charge is 0.240 e. The Balaban J connectivity index is 2.02. The largest absolute Gasteiger partial charge is 0.494 e. The summed E-state index contributed by atoms with van der Waals surface area (Å²) in [5, 5.41) is 10.2. The Morgan fingerprint density at radius 2 is 1.85 bits per heavy atom. The Hall–Kier alpha value is -1.11. The first-order valence-corrected chi connectivity index (χ1v) is 8.38. The van der Waals surface area contributed by atoms with Gasteiger partial charge in [-0.15, -0.1) is 0 Å². The van der Waals surface area contributed by atoms with Crippen molar-refractivity contribution in [3.63, 3.8) is 0 Å². The first kappa shape index (κ1) is 15.3. The molecule has 0 unspecified atom stereocenters. The zero-order valence-corrected chi connectivity index (χ0v) is 12.4. The second-order valence-electron chi connectivity index (χ2n) is 5.16. The molecule has 0 bridgehead atoms. The number of aliphatic hydroxyl groups is 1. The quantitative estimate of drug-likeness (QED) is 0.838. The van der Waals surface area contributed by atoms with Crippen LogP contribution in [0.5, 0.6) is 5.75 Å². The Morgan fingerprint density at radius 3 is 2.40 bits per heavy atom. The molecule has 2 N–H and O–H groups in total. The summed E-state index contributed by atoms with van der Waals surface area (Å²) in [6.07, 6.45) is 3.19. The predicted octanol–water partition coefficient (Wildman–Crippen LogP) is 1.67. The number of rotatable bonds is 6. The molecule has 1 aromatic rings. The molecule has 0 spiro atoms. The Morgan fingerprint density at radius 1 is 1.25 bits per heavy atom. The topological polar surface area (TPSA) is 75.6 Å². The lowest BCUT2D eigenvalue weighted by molar-refractivity contribution is 0.0532. The maximum atomic E-state index is 12.1. The molecule has 1 fully saturated rings. The van der Waals surface area contributed by atoms with Crippen molar-refractivity contribution in [3.8, 4) is 5.75 Å². The summed E-state index contributed by atoms with van der Waals surface area (Å²) >= 11 is 0. The van der Waals surface area contributed by atoms with Crippen LogP contribution < -0.4 is 9.46 Å². The third kappa shape index (κ3) is 3.71. The minimum atomic E-state index is -3.58. The minimum absolute atomic E-state index is 0.0720. The molecule has 6 heteroatoms. The molecule has 2 rings (SSSR count). The molecule has 1 aromatic carbocycles. The molecule has 0 saturated heterocycles. The summed E-state index contributed by atoms with van der Waals surface area (Å²) in [4.78, 5) is 0.183. The lowest BCUT2D eigenvalue weighted by atomic mass is 10.0. The molecule has 0 heterocycles. The monoisotopic (exact) mass is 299 g/mol. The van der Waals surface area contributed by atoms with Crippen molar-refractivity contribution in [3.05, 3.63) is 24.3 Å². The fraction of sp³-hybridized carbons (Fsp3) is 0.571. The SMILES string of the molecule is CCOc1ccc(S(=O)(=O)NCC2(O)CCCC2)cc1. The molecule has 1 aliphatic rings. The highest BCUT2D eigenvalue weighted by molar-refractivity contribution is 7.89. The number of hydrogen-bond donors (Lipinski definition) is 2. The standard InChI is InChI=1S/C14H21NO4S/c1-2-19-12-5-7-13(8-6-12)20(17,18)15-11-14(16)9-3-4-10-14/h5-8,15-16H,2-4,9-11H2,1H3. The van der Waals surface area contributed by atoms with E-state index >= 15 is 0 Å². The first-order valence-electron chi connectivity index (χ1n) is 6.90. The van der Waals surface area contributed by atoms with Gasteiger partial charge in [0.05, 0.1) is 17.1 Å². The van der Waals surface area contributed by atoms with Gasteiger partial charge in [0.1, 0.15) is 5.75 Å². The molecule has 5 nitrogen and oxygen atoms in total. The van der Waals surface area contributed by atoms with Crippen LogP contribution in [0.2, 0.25) is 0 Å². The van der Waals surface area contributed by atoms with E-state index in [2.05, 4.69) is 4.72 Å². The molecular weight excluding hydrogens is 278 g/mol. The maximum absolute atomic E-state index is 12.1. The highest BCUT2D eigenvalue weighted by Gasteiger charge is 2.32. The fourth-order valence-electron chi connectivity index (χ4n) is 2.40. The third-order valence-corrected chi connectivity index (χ3v) is 4.99. The third-order valence-electron chi connectivity index (χ3n) is 3.57. The van der Waals surface area contributed by atoms with Crippen LogP contribution >= 0.6 is 0 Å². The van der Waals surface area contributed by atoms with Crippen molar-refractivity contribution in [1.29, 1.82) is 0 Å². The molecule has 20 heavy (non-hydrogen) atoms. The van der Waals surface area contributed by atoms with Gasteiger partial charge in [-0.3, -0.25) is 0 Å². The van der Waals surface area contributed by atoms with Gasteiger partial charge in [0, 0.05) is 6.54 Å². The molecular formula is C14H21NO4S. The number of benzene rings is 1. The van der Waals surface area contributed by atoms with E-state index in [9.17, 15) is 13.5 Å². The van der Waals surface area contributed by atoms with Crippen LogP contribution in [0.4, 0.5) is 0 Å². The van der Waals surface area contributed by atoms with E-state index in [-0.39, 0.29) is 11.4 Å². The molecule has 0 radical (unpaired) electrons. The van der Waals surface area contributed by atoms with Crippen LogP contribution in [0.25, 0.3) is 0 Å². The fourth-order valence-corrected chi connectivity index (χ4v) is 3.52. The van der Waals surface area contributed by atoms with Gasteiger partial charge in [-0.2, -0.15) is 0 Å². The molecule has 0 aliphatic heterocycles. The number of ether oxygens (including phenoxy) is 1. The van der Waals surface area contributed by atoms with Crippen LogP contribution in [0.1, 0.15) is 32.6 Å². The molecule has 0 aromatic heterocycles. The van der Waals surface area contributed by atoms with Gasteiger partial charge in [0.25, 0.3) is 0 Å². The predicted molar refractivity (Wildman–Crippen MR) is 76.2 cm³/mol. The highest BCUT2D eigenvalue weighted by atomic mass is 32.2.